The number of rotatable bonds is 5. The Kier molecular flexibility index (Phi) is 5.83. The van der Waals surface area contributed by atoms with Crippen LogP contribution in [0.25, 0.3) is 0 Å². The normalized spacial score (nSPS) is 17.8. The highest BCUT2D eigenvalue weighted by molar-refractivity contribution is 5.85. The molecule has 0 aromatic heterocycles. The third kappa shape index (κ3) is 4.51. The molecular formula is C15H23ClN2O. The number of halogens is 1. The van der Waals surface area contributed by atoms with E-state index >= 15 is 0 Å². The highest BCUT2D eigenvalue weighted by Crippen LogP contribution is 2.39. The molecule has 2 rings (SSSR count). The molecule has 1 aliphatic carbocycles. The van der Waals surface area contributed by atoms with Crippen molar-refractivity contribution in [2.75, 3.05) is 6.54 Å². The maximum Gasteiger partial charge on any atom is 0.221 e. The smallest absolute Gasteiger partial charge is 0.221 e. The zero-order valence-electron chi connectivity index (χ0n) is 11.4. The summed E-state index contributed by atoms with van der Waals surface area (Å²) in [5, 5.41) is 3.01. The Labute approximate surface area is 121 Å². The number of amides is 1. The van der Waals surface area contributed by atoms with Crippen molar-refractivity contribution in [2.45, 2.75) is 38.6 Å². The summed E-state index contributed by atoms with van der Waals surface area (Å²) in [7, 11) is 0. The Hall–Kier alpha value is -1.06. The lowest BCUT2D eigenvalue weighted by Gasteiger charge is -2.38. The highest BCUT2D eigenvalue weighted by Gasteiger charge is 2.31. The fourth-order valence-electron chi connectivity index (χ4n) is 2.36. The number of carbonyl (C=O) groups is 1. The number of nitrogens with two attached hydrogens (primary N) is 1. The summed E-state index contributed by atoms with van der Waals surface area (Å²) in [6, 6.07) is 9.56. The van der Waals surface area contributed by atoms with E-state index in [1.807, 2.05) is 30.3 Å². The van der Waals surface area contributed by atoms with Crippen LogP contribution < -0.4 is 11.1 Å². The van der Waals surface area contributed by atoms with Crippen LogP contribution in [0.3, 0.4) is 0 Å². The molecule has 106 valence electrons. The maximum absolute atomic E-state index is 11.8. The van der Waals surface area contributed by atoms with Gasteiger partial charge in [-0.3, -0.25) is 4.79 Å². The molecule has 3 nitrogen and oxygen atoms in total. The van der Waals surface area contributed by atoms with Gasteiger partial charge >= 0.3 is 0 Å². The Morgan fingerprint density at radius 3 is 2.53 bits per heavy atom. The van der Waals surface area contributed by atoms with Gasteiger partial charge in [0.1, 0.15) is 0 Å². The Morgan fingerprint density at radius 2 is 2.00 bits per heavy atom. The summed E-state index contributed by atoms with van der Waals surface area (Å²) in [4.78, 5) is 11.8. The first-order valence-electron chi connectivity index (χ1n) is 6.66. The molecule has 0 radical (unpaired) electrons. The van der Waals surface area contributed by atoms with Gasteiger partial charge in [-0.2, -0.15) is 0 Å². The van der Waals surface area contributed by atoms with Crippen LogP contribution in [0.1, 0.15) is 44.2 Å². The predicted molar refractivity (Wildman–Crippen MR) is 80.2 cm³/mol. The van der Waals surface area contributed by atoms with Gasteiger partial charge in [0.25, 0.3) is 0 Å². The molecule has 1 aromatic rings. The second-order valence-corrected chi connectivity index (χ2v) is 5.66. The number of hydrogen-bond acceptors (Lipinski definition) is 2. The van der Waals surface area contributed by atoms with Crippen molar-refractivity contribution in [1.82, 2.24) is 5.32 Å². The Morgan fingerprint density at radius 1 is 1.37 bits per heavy atom. The molecule has 0 saturated heterocycles. The Bertz CT molecular complexity index is 404. The monoisotopic (exact) mass is 282 g/mol. The summed E-state index contributed by atoms with van der Waals surface area (Å²) >= 11 is 0. The lowest BCUT2D eigenvalue weighted by molar-refractivity contribution is -0.122. The van der Waals surface area contributed by atoms with Crippen molar-refractivity contribution in [2.24, 2.45) is 11.1 Å². The topological polar surface area (TPSA) is 55.1 Å². The quantitative estimate of drug-likeness (QED) is 0.872. The minimum Gasteiger partial charge on any atom is -0.355 e. The highest BCUT2D eigenvalue weighted by atomic mass is 35.5. The number of benzene rings is 1. The summed E-state index contributed by atoms with van der Waals surface area (Å²) in [6.45, 7) is 3.02. The molecule has 3 N–H and O–H groups in total. The van der Waals surface area contributed by atoms with Crippen LogP contribution >= 0.6 is 12.4 Å². The average molecular weight is 283 g/mol. The van der Waals surface area contributed by atoms with E-state index in [2.05, 4.69) is 12.2 Å². The summed E-state index contributed by atoms with van der Waals surface area (Å²) in [5.74, 6) is 0.0551. The molecule has 0 spiro atoms. The summed E-state index contributed by atoms with van der Waals surface area (Å²) in [5.41, 5.74) is 7.36. The van der Waals surface area contributed by atoms with Crippen molar-refractivity contribution in [1.29, 1.82) is 0 Å². The molecule has 0 aliphatic heterocycles. The van der Waals surface area contributed by atoms with Gasteiger partial charge < -0.3 is 11.1 Å². The zero-order chi connectivity index (χ0) is 13.0. The molecule has 1 saturated carbocycles. The number of carbonyl (C=O) groups excluding carboxylic acids is 1. The lowest BCUT2D eigenvalue weighted by Crippen LogP contribution is -2.40. The van der Waals surface area contributed by atoms with E-state index in [1.54, 1.807) is 0 Å². The summed E-state index contributed by atoms with van der Waals surface area (Å²) in [6.07, 6.45) is 4.09. The molecular weight excluding hydrogens is 260 g/mol. The Balaban J connectivity index is 0.00000180. The first kappa shape index (κ1) is 16.0. The van der Waals surface area contributed by atoms with Crippen LogP contribution in [0, 0.1) is 5.41 Å². The standard InChI is InChI=1S/C15H22N2O.ClH/c1-15(8-5-9-15)11-17-14(18)10-13(16)12-6-3-2-4-7-12;/h2-4,6-7,13H,5,8-11,16H2,1H3,(H,17,18);1H. The fraction of sp³-hybridized carbons (Fsp3) is 0.533. The zero-order valence-corrected chi connectivity index (χ0v) is 12.2. The van der Waals surface area contributed by atoms with Crippen molar-refractivity contribution in [3.05, 3.63) is 35.9 Å². The second kappa shape index (κ2) is 6.92. The minimum atomic E-state index is -0.208. The van der Waals surface area contributed by atoms with Gasteiger partial charge in [0.15, 0.2) is 0 Å². The van der Waals surface area contributed by atoms with Crippen molar-refractivity contribution in [3.63, 3.8) is 0 Å². The summed E-state index contributed by atoms with van der Waals surface area (Å²) < 4.78 is 0. The fourth-order valence-corrected chi connectivity index (χ4v) is 2.36. The molecule has 1 amide bonds. The lowest BCUT2D eigenvalue weighted by atomic mass is 9.70. The molecule has 1 atom stereocenters. The van der Waals surface area contributed by atoms with Gasteiger partial charge in [0, 0.05) is 19.0 Å². The van der Waals surface area contributed by atoms with E-state index in [4.69, 9.17) is 5.73 Å². The van der Waals surface area contributed by atoms with E-state index < -0.39 is 0 Å². The number of nitrogens with one attached hydrogen (secondary N) is 1. The van der Waals surface area contributed by atoms with E-state index in [1.165, 1.54) is 19.3 Å². The number of hydrogen-bond donors (Lipinski definition) is 2. The van der Waals surface area contributed by atoms with Crippen molar-refractivity contribution in [3.8, 4) is 0 Å². The van der Waals surface area contributed by atoms with Crippen LogP contribution in [0.2, 0.25) is 0 Å². The van der Waals surface area contributed by atoms with Crippen molar-refractivity contribution >= 4 is 18.3 Å². The third-order valence-electron chi connectivity index (χ3n) is 3.91. The van der Waals surface area contributed by atoms with Crippen LogP contribution in [0.15, 0.2) is 30.3 Å². The van der Waals surface area contributed by atoms with Crippen molar-refractivity contribution < 1.29 is 4.79 Å². The molecule has 4 heteroatoms. The van der Waals surface area contributed by atoms with Gasteiger partial charge in [-0.15, -0.1) is 12.4 Å². The van der Waals surface area contributed by atoms with Gasteiger partial charge in [0.05, 0.1) is 0 Å². The molecule has 0 bridgehead atoms. The molecule has 1 fully saturated rings. The minimum absolute atomic E-state index is 0. The van der Waals surface area contributed by atoms with Crippen LogP contribution in [0.5, 0.6) is 0 Å². The van der Waals surface area contributed by atoms with E-state index in [0.29, 0.717) is 11.8 Å². The molecule has 1 aliphatic rings. The van der Waals surface area contributed by atoms with E-state index in [9.17, 15) is 4.79 Å². The third-order valence-corrected chi connectivity index (χ3v) is 3.91. The average Bonchev–Trinajstić information content (AvgIpc) is 2.35. The SMILES string of the molecule is CC1(CNC(=O)CC(N)c2ccccc2)CCC1.Cl. The van der Waals surface area contributed by atoms with Crippen LogP contribution in [0.4, 0.5) is 0 Å². The van der Waals surface area contributed by atoms with Gasteiger partial charge in [-0.1, -0.05) is 43.7 Å². The van der Waals surface area contributed by atoms with Crippen LogP contribution in [-0.4, -0.2) is 12.5 Å². The second-order valence-electron chi connectivity index (χ2n) is 5.66. The van der Waals surface area contributed by atoms with E-state index in [-0.39, 0.29) is 24.4 Å². The van der Waals surface area contributed by atoms with Crippen LogP contribution in [-0.2, 0) is 4.79 Å². The van der Waals surface area contributed by atoms with E-state index in [0.717, 1.165) is 12.1 Å². The molecule has 1 aromatic carbocycles. The van der Waals surface area contributed by atoms with Gasteiger partial charge in [-0.25, -0.2) is 0 Å². The first-order chi connectivity index (χ1) is 8.59. The molecule has 19 heavy (non-hydrogen) atoms. The molecule has 1 unspecified atom stereocenters. The largest absolute Gasteiger partial charge is 0.355 e. The predicted octanol–water partition coefficient (Wildman–Crippen LogP) is 2.80. The van der Waals surface area contributed by atoms with Gasteiger partial charge in [-0.05, 0) is 23.8 Å². The molecule has 0 heterocycles. The maximum atomic E-state index is 11.8. The van der Waals surface area contributed by atoms with Gasteiger partial charge in [0.2, 0.25) is 5.91 Å². The first-order valence-corrected chi connectivity index (χ1v) is 6.66.